The number of methoxy groups -OCH3 is 1. The zero-order valence-corrected chi connectivity index (χ0v) is 14.5. The molecule has 24 heavy (non-hydrogen) atoms. The Bertz CT molecular complexity index is 632. The summed E-state index contributed by atoms with van der Waals surface area (Å²) in [5.74, 6) is -0.196. The molecule has 0 aliphatic carbocycles. The second-order valence-corrected chi connectivity index (χ2v) is 5.66. The number of hydrogen-bond acceptors (Lipinski definition) is 5. The number of carbonyl (C=O) groups excluding carboxylic acids is 2. The Morgan fingerprint density at radius 2 is 2.04 bits per heavy atom. The normalized spacial score (nSPS) is 12.9. The molecule has 0 bridgehead atoms. The lowest BCUT2D eigenvalue weighted by molar-refractivity contribution is -0.886. The number of likely N-dealkylation sites (N-methyl/N-ethyl adjacent to an activating group) is 2. The fourth-order valence-corrected chi connectivity index (χ4v) is 1.91. The number of nitrogens with one attached hydrogen (secondary N) is 2. The molecule has 0 saturated heterocycles. The summed E-state index contributed by atoms with van der Waals surface area (Å²) in [5, 5.41) is 13.5. The third-order valence-electron chi connectivity index (χ3n) is 3.72. The molecule has 0 radical (unpaired) electrons. The van der Waals surface area contributed by atoms with Crippen molar-refractivity contribution in [2.24, 2.45) is 0 Å². The molecule has 0 aromatic heterocycles. The SMILES string of the molecule is COc1cc([N+](=O)[O-])ccc1NC(=O)[C@@H](C)[NH+](C)CC(=O)N(C)C. The maximum atomic E-state index is 12.3. The van der Waals surface area contributed by atoms with Gasteiger partial charge in [-0.05, 0) is 13.0 Å². The van der Waals surface area contributed by atoms with Gasteiger partial charge in [0.25, 0.3) is 17.5 Å². The van der Waals surface area contributed by atoms with E-state index in [4.69, 9.17) is 4.74 Å². The van der Waals surface area contributed by atoms with Gasteiger partial charge in [-0.1, -0.05) is 0 Å². The number of non-ortho nitro benzene ring substituents is 1. The van der Waals surface area contributed by atoms with Crippen LogP contribution < -0.4 is 15.0 Å². The van der Waals surface area contributed by atoms with E-state index in [2.05, 4.69) is 5.32 Å². The molecule has 0 fully saturated rings. The van der Waals surface area contributed by atoms with Gasteiger partial charge in [0.1, 0.15) is 5.75 Å². The molecule has 2 atom stereocenters. The minimum atomic E-state index is -0.540. The lowest BCUT2D eigenvalue weighted by Gasteiger charge is -2.22. The van der Waals surface area contributed by atoms with Crippen LogP contribution in [0.3, 0.4) is 0 Å². The van der Waals surface area contributed by atoms with Crippen LogP contribution in [0.4, 0.5) is 11.4 Å². The molecule has 1 unspecified atom stereocenters. The average Bonchev–Trinajstić information content (AvgIpc) is 2.53. The highest BCUT2D eigenvalue weighted by Crippen LogP contribution is 2.28. The van der Waals surface area contributed by atoms with Crippen molar-refractivity contribution in [3.05, 3.63) is 28.3 Å². The Labute approximate surface area is 140 Å². The summed E-state index contributed by atoms with van der Waals surface area (Å²) in [4.78, 5) is 36.5. The van der Waals surface area contributed by atoms with Gasteiger partial charge < -0.3 is 19.9 Å². The number of benzene rings is 1. The van der Waals surface area contributed by atoms with E-state index in [1.165, 1.54) is 30.2 Å². The van der Waals surface area contributed by atoms with Crippen LogP contribution >= 0.6 is 0 Å². The Morgan fingerprint density at radius 1 is 1.42 bits per heavy atom. The second kappa shape index (κ2) is 8.25. The highest BCUT2D eigenvalue weighted by atomic mass is 16.6. The molecule has 0 spiro atoms. The van der Waals surface area contributed by atoms with Crippen molar-refractivity contribution in [3.8, 4) is 5.75 Å². The smallest absolute Gasteiger partial charge is 0.282 e. The summed E-state index contributed by atoms with van der Waals surface area (Å²) in [6, 6.07) is 3.46. The van der Waals surface area contributed by atoms with E-state index >= 15 is 0 Å². The minimum absolute atomic E-state index is 0.0833. The molecule has 9 heteroatoms. The van der Waals surface area contributed by atoms with Gasteiger partial charge >= 0.3 is 0 Å². The van der Waals surface area contributed by atoms with Crippen molar-refractivity contribution in [1.82, 2.24) is 4.90 Å². The number of nitro groups is 1. The third kappa shape index (κ3) is 4.92. The highest BCUT2D eigenvalue weighted by molar-refractivity contribution is 5.95. The number of quaternary nitrogens is 1. The number of hydrogen-bond donors (Lipinski definition) is 2. The summed E-state index contributed by atoms with van der Waals surface area (Å²) in [6.07, 6.45) is 0. The standard InChI is InChI=1S/C15H22N4O5/c1-10(18(4)9-14(20)17(2)3)15(21)16-12-7-6-11(19(22)23)8-13(12)24-5/h6-8,10H,9H2,1-5H3,(H,16,21)/p+1/t10-/m1/s1. The quantitative estimate of drug-likeness (QED) is 0.516. The summed E-state index contributed by atoms with van der Waals surface area (Å²) >= 11 is 0. The van der Waals surface area contributed by atoms with E-state index in [0.717, 1.165) is 4.90 Å². The predicted octanol–water partition coefficient (Wildman–Crippen LogP) is -0.467. The second-order valence-electron chi connectivity index (χ2n) is 5.66. The van der Waals surface area contributed by atoms with Crippen molar-refractivity contribution < 1.29 is 24.1 Å². The first-order chi connectivity index (χ1) is 11.2. The molecule has 2 amide bonds. The van der Waals surface area contributed by atoms with Crippen LogP contribution in [0.15, 0.2) is 18.2 Å². The van der Waals surface area contributed by atoms with E-state index in [1.807, 2.05) is 0 Å². The number of carbonyl (C=O) groups is 2. The maximum absolute atomic E-state index is 12.3. The van der Waals surface area contributed by atoms with Crippen LogP contribution in [0, 0.1) is 10.1 Å². The monoisotopic (exact) mass is 339 g/mol. The molecule has 0 heterocycles. The molecule has 132 valence electrons. The molecule has 0 aliphatic heterocycles. The first-order valence-electron chi connectivity index (χ1n) is 7.33. The number of anilines is 1. The lowest BCUT2D eigenvalue weighted by atomic mass is 10.2. The molecule has 2 N–H and O–H groups in total. The Kier molecular flexibility index (Phi) is 6.66. The summed E-state index contributed by atoms with van der Waals surface area (Å²) in [6.45, 7) is 1.88. The topological polar surface area (TPSA) is 106 Å². The number of amides is 2. The van der Waals surface area contributed by atoms with E-state index in [9.17, 15) is 19.7 Å². The van der Waals surface area contributed by atoms with Crippen molar-refractivity contribution in [3.63, 3.8) is 0 Å². The van der Waals surface area contributed by atoms with Gasteiger partial charge in [0.15, 0.2) is 12.6 Å². The van der Waals surface area contributed by atoms with Crippen molar-refractivity contribution in [2.75, 3.05) is 40.1 Å². The zero-order chi connectivity index (χ0) is 18.4. The van der Waals surface area contributed by atoms with Gasteiger partial charge in [-0.2, -0.15) is 0 Å². The average molecular weight is 339 g/mol. The summed E-state index contributed by atoms with van der Waals surface area (Å²) in [7, 11) is 6.42. The van der Waals surface area contributed by atoms with Crippen LogP contribution in [0.25, 0.3) is 0 Å². The predicted molar refractivity (Wildman–Crippen MR) is 88.2 cm³/mol. The van der Waals surface area contributed by atoms with Gasteiger partial charge in [-0.3, -0.25) is 19.7 Å². The van der Waals surface area contributed by atoms with Crippen molar-refractivity contribution in [2.45, 2.75) is 13.0 Å². The van der Waals surface area contributed by atoms with Crippen molar-refractivity contribution in [1.29, 1.82) is 0 Å². The number of rotatable bonds is 7. The molecule has 1 aromatic rings. The number of nitro benzene ring substituents is 1. The molecular weight excluding hydrogens is 316 g/mol. The molecule has 0 aliphatic rings. The molecule has 1 aromatic carbocycles. The first-order valence-corrected chi connectivity index (χ1v) is 7.33. The largest absolute Gasteiger partial charge is 0.494 e. The Balaban J connectivity index is 2.83. The first kappa shape index (κ1) is 19.4. The van der Waals surface area contributed by atoms with Gasteiger partial charge in [-0.25, -0.2) is 0 Å². The van der Waals surface area contributed by atoms with Crippen LogP contribution in [0.5, 0.6) is 5.75 Å². The van der Waals surface area contributed by atoms with Gasteiger partial charge in [0, 0.05) is 20.2 Å². The van der Waals surface area contributed by atoms with Gasteiger partial charge in [0.05, 0.1) is 30.8 Å². The maximum Gasteiger partial charge on any atom is 0.282 e. The van der Waals surface area contributed by atoms with E-state index in [-0.39, 0.29) is 29.8 Å². The van der Waals surface area contributed by atoms with Gasteiger partial charge in [0.2, 0.25) is 0 Å². The zero-order valence-electron chi connectivity index (χ0n) is 14.5. The minimum Gasteiger partial charge on any atom is -0.494 e. The fraction of sp³-hybridized carbons (Fsp3) is 0.467. The molecule has 0 saturated carbocycles. The molecular formula is C15H23N4O5+. The fourth-order valence-electron chi connectivity index (χ4n) is 1.91. The number of nitrogens with zero attached hydrogens (tertiary/aromatic N) is 2. The summed E-state index contributed by atoms with van der Waals surface area (Å²) in [5.41, 5.74) is 0.212. The van der Waals surface area contributed by atoms with Gasteiger partial charge in [-0.15, -0.1) is 0 Å². The van der Waals surface area contributed by atoms with Crippen LogP contribution in [0.1, 0.15) is 6.92 Å². The third-order valence-corrected chi connectivity index (χ3v) is 3.72. The number of ether oxygens (including phenoxy) is 1. The summed E-state index contributed by atoms with van der Waals surface area (Å²) < 4.78 is 5.09. The van der Waals surface area contributed by atoms with Crippen LogP contribution in [-0.4, -0.2) is 62.5 Å². The Hall–Kier alpha value is -2.68. The molecule has 9 nitrogen and oxygen atoms in total. The highest BCUT2D eigenvalue weighted by Gasteiger charge is 2.25. The van der Waals surface area contributed by atoms with Crippen molar-refractivity contribution >= 4 is 23.2 Å². The van der Waals surface area contributed by atoms with Crippen LogP contribution in [0.2, 0.25) is 0 Å². The lowest BCUT2D eigenvalue weighted by Crippen LogP contribution is -3.15. The van der Waals surface area contributed by atoms with E-state index in [0.29, 0.717) is 5.69 Å². The van der Waals surface area contributed by atoms with E-state index in [1.54, 1.807) is 28.1 Å². The molecule has 1 rings (SSSR count). The van der Waals surface area contributed by atoms with Crippen LogP contribution in [-0.2, 0) is 9.59 Å². The Morgan fingerprint density at radius 3 is 2.54 bits per heavy atom. The van der Waals surface area contributed by atoms with E-state index < -0.39 is 11.0 Å².